The summed E-state index contributed by atoms with van der Waals surface area (Å²) in [5.74, 6) is 0.0747. The van der Waals surface area contributed by atoms with E-state index in [0.717, 1.165) is 11.3 Å². The number of carbonyl (C=O) groups is 2. The van der Waals surface area contributed by atoms with Crippen LogP contribution in [0.4, 0.5) is 0 Å². The molecule has 8 nitrogen and oxygen atoms in total. The molecule has 1 N–H and O–H groups in total. The number of nitrogens with one attached hydrogen (secondary N) is 1. The third-order valence-electron chi connectivity index (χ3n) is 4.97. The van der Waals surface area contributed by atoms with Crippen molar-refractivity contribution in [3.63, 3.8) is 0 Å². The summed E-state index contributed by atoms with van der Waals surface area (Å²) in [7, 11) is 3.18. The number of nitrogens with zero attached hydrogens (tertiary/aromatic N) is 2. The molecule has 0 radical (unpaired) electrons. The summed E-state index contributed by atoms with van der Waals surface area (Å²) in [6, 6.07) is 7.01. The van der Waals surface area contributed by atoms with Crippen LogP contribution in [0.25, 0.3) is 0 Å². The number of hydrogen-bond acceptors (Lipinski definition) is 8. The maximum atomic E-state index is 13.2. The fraction of sp³-hybridized carbons (Fsp3) is 0.435. The lowest BCUT2D eigenvalue weighted by atomic mass is 9.93. The van der Waals surface area contributed by atoms with E-state index in [1.165, 1.54) is 11.8 Å². The van der Waals surface area contributed by atoms with E-state index in [1.54, 1.807) is 21.1 Å². The van der Waals surface area contributed by atoms with Crippen LogP contribution in [0.1, 0.15) is 38.8 Å². The SMILES string of the molecule is COCCNC(=O)CC1=CSC2=NC(C)=C(C(=O)OC(C)C)[C@@H](c3ccccc3OC)N12. The molecule has 0 fully saturated rings. The van der Waals surface area contributed by atoms with Gasteiger partial charge in [0.1, 0.15) is 5.75 Å². The van der Waals surface area contributed by atoms with Gasteiger partial charge in [-0.1, -0.05) is 30.0 Å². The van der Waals surface area contributed by atoms with E-state index in [9.17, 15) is 9.59 Å². The van der Waals surface area contributed by atoms with E-state index in [-0.39, 0.29) is 18.4 Å². The number of benzene rings is 1. The monoisotopic (exact) mass is 459 g/mol. The summed E-state index contributed by atoms with van der Waals surface area (Å²) in [5.41, 5.74) is 2.57. The number of aliphatic imine (C=N–C) groups is 1. The van der Waals surface area contributed by atoms with Crippen LogP contribution in [0.3, 0.4) is 0 Å². The smallest absolute Gasteiger partial charge is 0.338 e. The summed E-state index contributed by atoms with van der Waals surface area (Å²) < 4.78 is 16.2. The van der Waals surface area contributed by atoms with Crippen molar-refractivity contribution in [3.05, 3.63) is 52.2 Å². The molecule has 0 unspecified atom stereocenters. The summed E-state index contributed by atoms with van der Waals surface area (Å²) in [4.78, 5) is 32.3. The van der Waals surface area contributed by atoms with Crippen LogP contribution in [0.15, 0.2) is 51.6 Å². The molecule has 3 rings (SSSR count). The zero-order valence-corrected chi connectivity index (χ0v) is 19.8. The minimum atomic E-state index is -0.530. The Balaban J connectivity index is 2.01. The van der Waals surface area contributed by atoms with E-state index in [2.05, 4.69) is 10.3 Å². The molecule has 2 heterocycles. The van der Waals surface area contributed by atoms with E-state index < -0.39 is 12.0 Å². The zero-order chi connectivity index (χ0) is 23.3. The normalized spacial score (nSPS) is 17.7. The molecule has 1 aromatic rings. The lowest BCUT2D eigenvalue weighted by Crippen LogP contribution is -2.38. The molecule has 0 aromatic heterocycles. The second-order valence-electron chi connectivity index (χ2n) is 7.61. The quantitative estimate of drug-likeness (QED) is 0.447. The number of amidine groups is 1. The van der Waals surface area contributed by atoms with Gasteiger partial charge >= 0.3 is 5.97 Å². The third-order valence-corrected chi connectivity index (χ3v) is 5.86. The van der Waals surface area contributed by atoms with Gasteiger partial charge in [-0.05, 0) is 32.2 Å². The maximum absolute atomic E-state index is 13.2. The van der Waals surface area contributed by atoms with Gasteiger partial charge in [-0.3, -0.25) is 4.79 Å². The molecular formula is C23H29N3O5S. The standard InChI is InChI=1S/C23H29N3O5S/c1-14(2)31-22(28)20-15(3)25-23-26(21(20)17-8-6-7-9-18(17)30-5)16(13-32-23)12-19(27)24-10-11-29-4/h6-9,13-14,21H,10-12H2,1-5H3,(H,24,27)/t21-/m1/s1. The first kappa shape index (κ1) is 23.9. The van der Waals surface area contributed by atoms with Crippen LogP contribution in [-0.4, -0.2) is 55.4 Å². The highest BCUT2D eigenvalue weighted by atomic mass is 32.2. The minimum Gasteiger partial charge on any atom is -0.496 e. The van der Waals surface area contributed by atoms with Crippen LogP contribution >= 0.6 is 11.8 Å². The Kier molecular flexibility index (Phi) is 7.98. The molecular weight excluding hydrogens is 430 g/mol. The first-order valence-electron chi connectivity index (χ1n) is 10.4. The molecule has 2 aliphatic heterocycles. The second-order valence-corrected chi connectivity index (χ2v) is 8.45. The predicted octanol–water partition coefficient (Wildman–Crippen LogP) is 3.37. The molecule has 0 spiro atoms. The Morgan fingerprint density at radius 3 is 2.69 bits per heavy atom. The maximum Gasteiger partial charge on any atom is 0.338 e. The predicted molar refractivity (Wildman–Crippen MR) is 124 cm³/mol. The van der Waals surface area contributed by atoms with Crippen molar-refractivity contribution in [2.45, 2.75) is 39.3 Å². The molecule has 2 aliphatic rings. The number of ether oxygens (including phenoxy) is 3. The molecule has 1 atom stereocenters. The van der Waals surface area contributed by atoms with Crippen molar-refractivity contribution in [1.29, 1.82) is 0 Å². The molecule has 32 heavy (non-hydrogen) atoms. The number of para-hydroxylation sites is 1. The lowest BCUT2D eigenvalue weighted by Gasteiger charge is -2.37. The first-order valence-corrected chi connectivity index (χ1v) is 11.3. The van der Waals surface area contributed by atoms with Gasteiger partial charge in [0.05, 0.1) is 43.6 Å². The summed E-state index contributed by atoms with van der Waals surface area (Å²) >= 11 is 1.43. The van der Waals surface area contributed by atoms with Crippen LogP contribution in [0.5, 0.6) is 5.75 Å². The number of esters is 1. The van der Waals surface area contributed by atoms with Gasteiger partial charge in [-0.25, -0.2) is 9.79 Å². The van der Waals surface area contributed by atoms with Crippen molar-refractivity contribution in [2.24, 2.45) is 4.99 Å². The molecule has 0 saturated carbocycles. The highest BCUT2D eigenvalue weighted by Crippen LogP contribution is 2.46. The largest absolute Gasteiger partial charge is 0.496 e. The average molecular weight is 460 g/mol. The fourth-order valence-electron chi connectivity index (χ4n) is 3.61. The van der Waals surface area contributed by atoms with Crippen molar-refractivity contribution >= 4 is 28.8 Å². The van der Waals surface area contributed by atoms with E-state index >= 15 is 0 Å². The minimum absolute atomic E-state index is 0.133. The van der Waals surface area contributed by atoms with Gasteiger partial charge in [-0.2, -0.15) is 0 Å². The van der Waals surface area contributed by atoms with Crippen molar-refractivity contribution < 1.29 is 23.8 Å². The lowest BCUT2D eigenvalue weighted by molar-refractivity contribution is -0.143. The van der Waals surface area contributed by atoms with Gasteiger partial charge < -0.3 is 24.4 Å². The Bertz CT molecular complexity index is 970. The number of methoxy groups -OCH3 is 2. The molecule has 0 bridgehead atoms. The van der Waals surface area contributed by atoms with E-state index in [0.29, 0.717) is 35.3 Å². The van der Waals surface area contributed by atoms with Crippen LogP contribution in [-0.2, 0) is 19.1 Å². The number of thioether (sulfide) groups is 1. The number of amides is 1. The Hall–Kier alpha value is -2.78. The molecule has 9 heteroatoms. The van der Waals surface area contributed by atoms with Crippen LogP contribution in [0, 0.1) is 0 Å². The van der Waals surface area contributed by atoms with Gasteiger partial charge in [0.25, 0.3) is 0 Å². The molecule has 0 saturated heterocycles. The Labute approximate surface area is 192 Å². The van der Waals surface area contributed by atoms with Gasteiger partial charge in [-0.15, -0.1) is 0 Å². The Morgan fingerprint density at radius 2 is 2.00 bits per heavy atom. The molecule has 172 valence electrons. The van der Waals surface area contributed by atoms with Crippen LogP contribution in [0.2, 0.25) is 0 Å². The second kappa shape index (κ2) is 10.7. The molecule has 0 aliphatic carbocycles. The third kappa shape index (κ3) is 5.16. The molecule has 1 aromatic carbocycles. The highest BCUT2D eigenvalue weighted by Gasteiger charge is 2.42. The van der Waals surface area contributed by atoms with Gasteiger partial charge in [0, 0.05) is 24.9 Å². The topological polar surface area (TPSA) is 89.5 Å². The zero-order valence-electron chi connectivity index (χ0n) is 19.0. The number of allylic oxidation sites excluding steroid dienone is 1. The number of hydrogen-bond donors (Lipinski definition) is 1. The van der Waals surface area contributed by atoms with Crippen molar-refractivity contribution in [2.75, 3.05) is 27.4 Å². The van der Waals surface area contributed by atoms with Crippen molar-refractivity contribution in [3.8, 4) is 5.75 Å². The number of fused-ring (bicyclic) bond motifs is 1. The number of rotatable bonds is 9. The summed E-state index contributed by atoms with van der Waals surface area (Å²) in [5, 5.41) is 5.45. The van der Waals surface area contributed by atoms with E-state index in [1.807, 2.05) is 48.4 Å². The average Bonchev–Trinajstić information content (AvgIpc) is 3.14. The highest BCUT2D eigenvalue weighted by molar-refractivity contribution is 8.16. The van der Waals surface area contributed by atoms with Gasteiger partial charge in [0.15, 0.2) is 5.17 Å². The summed E-state index contributed by atoms with van der Waals surface area (Å²) in [6.07, 6.45) is -0.131. The van der Waals surface area contributed by atoms with Gasteiger partial charge in [0.2, 0.25) is 5.91 Å². The Morgan fingerprint density at radius 1 is 1.25 bits per heavy atom. The number of carbonyl (C=O) groups excluding carboxylic acids is 2. The summed E-state index contributed by atoms with van der Waals surface area (Å²) in [6.45, 7) is 6.29. The first-order chi connectivity index (χ1) is 15.4. The van der Waals surface area contributed by atoms with Crippen LogP contribution < -0.4 is 10.1 Å². The molecule has 1 amide bonds. The van der Waals surface area contributed by atoms with Crippen molar-refractivity contribution in [1.82, 2.24) is 10.2 Å². The van der Waals surface area contributed by atoms with E-state index in [4.69, 9.17) is 14.2 Å². The fourth-order valence-corrected chi connectivity index (χ4v) is 4.58.